The van der Waals surface area contributed by atoms with Crippen LogP contribution in [0.25, 0.3) is 0 Å². The first-order valence-corrected chi connectivity index (χ1v) is 12.6. The van der Waals surface area contributed by atoms with E-state index in [9.17, 15) is 9.59 Å². The van der Waals surface area contributed by atoms with Crippen LogP contribution < -0.4 is 0 Å². The molecule has 2 heterocycles. The van der Waals surface area contributed by atoms with E-state index in [1.807, 2.05) is 12.1 Å². The van der Waals surface area contributed by atoms with Crippen molar-refractivity contribution in [3.8, 4) is 0 Å². The summed E-state index contributed by atoms with van der Waals surface area (Å²) in [6.07, 6.45) is 0. The number of nitrogens with zero attached hydrogens (tertiary/aromatic N) is 4. The molecule has 0 spiro atoms. The number of hydrogen-bond acceptors (Lipinski definition) is 4. The second kappa shape index (κ2) is 8.82. The summed E-state index contributed by atoms with van der Waals surface area (Å²) in [4.78, 5) is 27.4. The summed E-state index contributed by atoms with van der Waals surface area (Å²) in [5.41, 5.74) is 3.26. The SMILES string of the molecule is CC(C)(C)c1cc(C(C)(C)C)n(C(=O)c2cccc(C(=O)n3nc(C(C)(C)C)cc3C(C)(C)C)c2)n1. The van der Waals surface area contributed by atoms with Gasteiger partial charge < -0.3 is 0 Å². The van der Waals surface area contributed by atoms with Crippen molar-refractivity contribution in [3.05, 3.63) is 70.3 Å². The molecule has 0 saturated carbocycles. The third-order valence-electron chi connectivity index (χ3n) is 6.23. The van der Waals surface area contributed by atoms with Crippen molar-refractivity contribution in [2.24, 2.45) is 0 Å². The van der Waals surface area contributed by atoms with Gasteiger partial charge in [0.05, 0.1) is 22.8 Å². The van der Waals surface area contributed by atoms with Crippen LogP contribution in [-0.2, 0) is 21.7 Å². The van der Waals surface area contributed by atoms with Crippen molar-refractivity contribution in [1.29, 1.82) is 0 Å². The first-order chi connectivity index (χ1) is 16.2. The predicted molar refractivity (Wildman–Crippen MR) is 145 cm³/mol. The summed E-state index contributed by atoms with van der Waals surface area (Å²) in [6.45, 7) is 24.9. The number of carbonyl (C=O) groups is 2. The molecule has 0 amide bonds. The molecule has 194 valence electrons. The van der Waals surface area contributed by atoms with E-state index in [2.05, 4.69) is 83.1 Å². The maximum Gasteiger partial charge on any atom is 0.278 e. The van der Waals surface area contributed by atoms with Crippen LogP contribution in [-0.4, -0.2) is 31.4 Å². The highest BCUT2D eigenvalue weighted by Gasteiger charge is 2.31. The first-order valence-electron chi connectivity index (χ1n) is 12.6. The van der Waals surface area contributed by atoms with Crippen LogP contribution in [0.3, 0.4) is 0 Å². The predicted octanol–water partition coefficient (Wildman–Crippen LogP) is 6.65. The van der Waals surface area contributed by atoms with Crippen LogP contribution in [0.4, 0.5) is 0 Å². The van der Waals surface area contributed by atoms with Crippen molar-refractivity contribution in [2.75, 3.05) is 0 Å². The molecule has 3 aromatic rings. The Kier molecular flexibility index (Phi) is 6.76. The fourth-order valence-electron chi connectivity index (χ4n) is 3.90. The van der Waals surface area contributed by atoms with E-state index in [4.69, 9.17) is 10.2 Å². The fourth-order valence-corrected chi connectivity index (χ4v) is 3.90. The number of aromatic nitrogens is 4. The van der Waals surface area contributed by atoms with Crippen molar-refractivity contribution in [3.63, 3.8) is 0 Å². The maximum absolute atomic E-state index is 13.7. The minimum atomic E-state index is -0.278. The van der Waals surface area contributed by atoms with E-state index in [-0.39, 0.29) is 33.5 Å². The van der Waals surface area contributed by atoms with Crippen molar-refractivity contribution in [2.45, 2.75) is 105 Å². The van der Waals surface area contributed by atoms with Gasteiger partial charge in [0.2, 0.25) is 0 Å². The molecule has 36 heavy (non-hydrogen) atoms. The monoisotopic (exact) mass is 490 g/mol. The molecular weight excluding hydrogens is 448 g/mol. The molecule has 3 rings (SSSR count). The third-order valence-corrected chi connectivity index (χ3v) is 6.23. The van der Waals surface area contributed by atoms with Crippen molar-refractivity contribution < 1.29 is 9.59 Å². The Bertz CT molecular complexity index is 1200. The topological polar surface area (TPSA) is 69.8 Å². The molecule has 0 fully saturated rings. The van der Waals surface area contributed by atoms with E-state index >= 15 is 0 Å². The molecule has 0 bridgehead atoms. The molecule has 2 aromatic heterocycles. The second-order valence-corrected chi connectivity index (χ2v) is 13.8. The standard InChI is InChI=1S/C30H42N4O2/c1-27(2,3)21-17-23(29(7,8)9)33(31-21)25(35)19-14-13-15-20(16-19)26(36)34-24(30(10,11)12)18-22(32-34)28(4,5)6/h13-18H,1-12H3. The highest BCUT2D eigenvalue weighted by Crippen LogP contribution is 2.31. The van der Waals surface area contributed by atoms with Gasteiger partial charge in [0.1, 0.15) is 0 Å². The molecule has 0 atom stereocenters. The van der Waals surface area contributed by atoms with Gasteiger partial charge in [-0.25, -0.2) is 0 Å². The van der Waals surface area contributed by atoms with Crippen LogP contribution in [0.15, 0.2) is 36.4 Å². The lowest BCUT2D eigenvalue weighted by atomic mass is 9.88. The van der Waals surface area contributed by atoms with E-state index < -0.39 is 0 Å². The van der Waals surface area contributed by atoms with Gasteiger partial charge in [-0.1, -0.05) is 89.2 Å². The Morgan fingerprint density at radius 2 is 0.889 bits per heavy atom. The van der Waals surface area contributed by atoms with Gasteiger partial charge >= 0.3 is 0 Å². The average Bonchev–Trinajstić information content (AvgIpc) is 3.37. The molecule has 0 saturated heterocycles. The minimum absolute atomic E-state index is 0.197. The summed E-state index contributed by atoms with van der Waals surface area (Å²) < 4.78 is 2.99. The van der Waals surface area contributed by atoms with E-state index in [0.717, 1.165) is 22.8 Å². The van der Waals surface area contributed by atoms with Crippen LogP contribution in [0, 0.1) is 0 Å². The lowest BCUT2D eigenvalue weighted by molar-refractivity contribution is 0.0936. The zero-order valence-electron chi connectivity index (χ0n) is 24.1. The van der Waals surface area contributed by atoms with Gasteiger partial charge in [0.15, 0.2) is 0 Å². The van der Waals surface area contributed by atoms with E-state index in [1.165, 1.54) is 9.36 Å². The second-order valence-electron chi connectivity index (χ2n) is 13.8. The van der Waals surface area contributed by atoms with Gasteiger partial charge in [0.25, 0.3) is 11.8 Å². The molecule has 0 aliphatic rings. The van der Waals surface area contributed by atoms with Crippen LogP contribution >= 0.6 is 0 Å². The molecule has 1 aromatic carbocycles. The molecule has 6 heteroatoms. The van der Waals surface area contributed by atoms with Crippen molar-refractivity contribution >= 4 is 11.8 Å². The first kappa shape index (κ1) is 27.6. The van der Waals surface area contributed by atoms with Gasteiger partial charge in [0, 0.05) is 32.8 Å². The number of benzene rings is 1. The molecule has 0 aliphatic carbocycles. The Morgan fingerprint density at radius 3 is 1.17 bits per heavy atom. The summed E-state index contributed by atoms with van der Waals surface area (Å²) >= 11 is 0. The van der Waals surface area contributed by atoms with Crippen LogP contribution in [0.1, 0.15) is 127 Å². The van der Waals surface area contributed by atoms with E-state index in [0.29, 0.717) is 11.1 Å². The van der Waals surface area contributed by atoms with Gasteiger partial charge in [-0.2, -0.15) is 19.6 Å². The lowest BCUT2D eigenvalue weighted by Gasteiger charge is -2.20. The van der Waals surface area contributed by atoms with Crippen LogP contribution in [0.2, 0.25) is 0 Å². The van der Waals surface area contributed by atoms with Gasteiger partial charge in [-0.05, 0) is 30.3 Å². The lowest BCUT2D eigenvalue weighted by Crippen LogP contribution is -2.26. The normalized spacial score (nSPS) is 13.2. The fraction of sp³-hybridized carbons (Fsp3) is 0.533. The molecule has 0 aliphatic heterocycles. The summed E-state index contributed by atoms with van der Waals surface area (Å²) in [7, 11) is 0. The zero-order valence-corrected chi connectivity index (χ0v) is 24.1. The summed E-state index contributed by atoms with van der Waals surface area (Å²) in [5, 5.41) is 9.40. The Labute approximate surface area is 216 Å². The Balaban J connectivity index is 2.09. The average molecular weight is 491 g/mol. The molecule has 0 N–H and O–H groups in total. The van der Waals surface area contributed by atoms with Crippen molar-refractivity contribution in [1.82, 2.24) is 19.6 Å². The Hall–Kier alpha value is -3.02. The maximum atomic E-state index is 13.7. The number of hydrogen-bond donors (Lipinski definition) is 0. The van der Waals surface area contributed by atoms with E-state index in [1.54, 1.807) is 24.3 Å². The highest BCUT2D eigenvalue weighted by molar-refractivity contribution is 6.01. The number of carbonyl (C=O) groups excluding carboxylic acids is 2. The van der Waals surface area contributed by atoms with Gasteiger partial charge in [-0.3, -0.25) is 9.59 Å². The molecular formula is C30H42N4O2. The third kappa shape index (κ3) is 5.53. The summed E-state index contributed by atoms with van der Waals surface area (Å²) in [5.74, 6) is -0.506. The smallest absolute Gasteiger partial charge is 0.267 e. The molecule has 6 nitrogen and oxygen atoms in total. The van der Waals surface area contributed by atoms with Gasteiger partial charge in [-0.15, -0.1) is 0 Å². The van der Waals surface area contributed by atoms with Crippen LogP contribution in [0.5, 0.6) is 0 Å². The molecule has 0 radical (unpaired) electrons. The zero-order chi connectivity index (χ0) is 27.4. The molecule has 0 unspecified atom stereocenters. The summed E-state index contributed by atoms with van der Waals surface area (Å²) in [6, 6.07) is 10.9. The highest BCUT2D eigenvalue weighted by atomic mass is 16.2. The largest absolute Gasteiger partial charge is 0.278 e. The quantitative estimate of drug-likeness (QED) is 0.403. The number of rotatable bonds is 2. The Morgan fingerprint density at radius 1 is 0.556 bits per heavy atom. The minimum Gasteiger partial charge on any atom is -0.267 e.